The molecule has 8 heteroatoms. The molecule has 1 rings (SSSR count). The highest BCUT2D eigenvalue weighted by molar-refractivity contribution is 5.75. The molecule has 5 nitrogen and oxygen atoms in total. The van der Waals surface area contributed by atoms with Gasteiger partial charge in [-0.25, -0.2) is 0 Å². The van der Waals surface area contributed by atoms with Crippen LogP contribution in [0, 0.1) is 6.92 Å². The molecule has 0 spiro atoms. The summed E-state index contributed by atoms with van der Waals surface area (Å²) in [6.07, 6.45) is -4.22. The van der Waals surface area contributed by atoms with Crippen molar-refractivity contribution >= 4 is 5.91 Å². The zero-order valence-corrected chi connectivity index (χ0v) is 10.8. The molecule has 0 unspecified atom stereocenters. The molecular weight excluding hydrogens is 263 g/mol. The van der Waals surface area contributed by atoms with E-state index in [1.54, 1.807) is 0 Å². The first kappa shape index (κ1) is 15.5. The molecule has 0 atom stereocenters. The highest BCUT2D eigenvalue weighted by Gasteiger charge is 2.34. The van der Waals surface area contributed by atoms with Gasteiger partial charge in [-0.3, -0.25) is 9.48 Å². The van der Waals surface area contributed by atoms with Gasteiger partial charge in [-0.1, -0.05) is 0 Å². The van der Waals surface area contributed by atoms with Crippen LogP contribution in [0.5, 0.6) is 0 Å². The number of rotatable bonds is 6. The number of hydrogen-bond acceptors (Lipinski definition) is 3. The molecule has 0 saturated carbocycles. The van der Waals surface area contributed by atoms with E-state index in [9.17, 15) is 18.0 Å². The smallest absolute Gasteiger partial charge is 0.384 e. The maximum Gasteiger partial charge on any atom is 0.435 e. The van der Waals surface area contributed by atoms with E-state index in [-0.39, 0.29) is 25.4 Å². The third kappa shape index (κ3) is 4.90. The van der Waals surface area contributed by atoms with E-state index in [4.69, 9.17) is 4.74 Å². The quantitative estimate of drug-likeness (QED) is 0.855. The number of nitrogens with zero attached hydrogens (tertiary/aromatic N) is 2. The SMILES string of the molecule is COCCC(=O)NCCn1nc(C(F)(F)F)cc1C. The molecule has 0 fully saturated rings. The fourth-order valence-electron chi connectivity index (χ4n) is 1.46. The van der Waals surface area contributed by atoms with Gasteiger partial charge >= 0.3 is 6.18 Å². The van der Waals surface area contributed by atoms with Crippen molar-refractivity contribution in [2.75, 3.05) is 20.3 Å². The van der Waals surface area contributed by atoms with E-state index in [0.717, 1.165) is 6.07 Å². The van der Waals surface area contributed by atoms with Gasteiger partial charge in [0.05, 0.1) is 13.2 Å². The fraction of sp³-hybridized carbons (Fsp3) is 0.636. The van der Waals surface area contributed by atoms with Gasteiger partial charge in [0.1, 0.15) is 0 Å². The highest BCUT2D eigenvalue weighted by Crippen LogP contribution is 2.28. The number of methoxy groups -OCH3 is 1. The van der Waals surface area contributed by atoms with E-state index in [0.29, 0.717) is 12.3 Å². The molecule has 19 heavy (non-hydrogen) atoms. The van der Waals surface area contributed by atoms with Crippen LogP contribution in [0.4, 0.5) is 13.2 Å². The van der Waals surface area contributed by atoms with Crippen LogP contribution in [0.2, 0.25) is 0 Å². The van der Waals surface area contributed by atoms with E-state index in [1.165, 1.54) is 18.7 Å². The summed E-state index contributed by atoms with van der Waals surface area (Å²) in [6, 6.07) is 0.979. The Morgan fingerprint density at radius 3 is 2.74 bits per heavy atom. The van der Waals surface area contributed by atoms with Crippen LogP contribution in [0.15, 0.2) is 6.07 Å². The molecule has 1 N–H and O–H groups in total. The first-order valence-corrected chi connectivity index (χ1v) is 5.72. The van der Waals surface area contributed by atoms with Crippen LogP contribution in [-0.4, -0.2) is 35.9 Å². The molecule has 0 saturated heterocycles. The highest BCUT2D eigenvalue weighted by atomic mass is 19.4. The first-order chi connectivity index (χ1) is 8.84. The minimum Gasteiger partial charge on any atom is -0.384 e. The number of aromatic nitrogens is 2. The molecule has 0 aliphatic rings. The van der Waals surface area contributed by atoms with Gasteiger partial charge < -0.3 is 10.1 Å². The van der Waals surface area contributed by atoms with Crippen molar-refractivity contribution in [3.8, 4) is 0 Å². The Labute approximate surface area is 108 Å². The van der Waals surface area contributed by atoms with Crippen molar-refractivity contribution < 1.29 is 22.7 Å². The topological polar surface area (TPSA) is 56.1 Å². The van der Waals surface area contributed by atoms with Crippen molar-refractivity contribution in [2.24, 2.45) is 0 Å². The number of ether oxygens (including phenoxy) is 1. The average molecular weight is 279 g/mol. The zero-order valence-electron chi connectivity index (χ0n) is 10.8. The van der Waals surface area contributed by atoms with Gasteiger partial charge in [0.15, 0.2) is 5.69 Å². The van der Waals surface area contributed by atoms with E-state index in [2.05, 4.69) is 10.4 Å². The van der Waals surface area contributed by atoms with Crippen LogP contribution in [0.1, 0.15) is 17.8 Å². The maximum atomic E-state index is 12.4. The number of hydrogen-bond donors (Lipinski definition) is 1. The summed E-state index contributed by atoms with van der Waals surface area (Å²) in [7, 11) is 1.49. The minimum absolute atomic E-state index is 0.195. The van der Waals surface area contributed by atoms with E-state index < -0.39 is 11.9 Å². The Balaban J connectivity index is 2.46. The van der Waals surface area contributed by atoms with Crippen molar-refractivity contribution in [3.05, 3.63) is 17.5 Å². The predicted octanol–water partition coefficient (Wildman–Crippen LogP) is 1.36. The first-order valence-electron chi connectivity index (χ1n) is 5.72. The summed E-state index contributed by atoms with van der Waals surface area (Å²) < 4.78 is 43.2. The van der Waals surface area contributed by atoms with Gasteiger partial charge in [-0.05, 0) is 13.0 Å². The number of carbonyl (C=O) groups is 1. The molecule has 0 aliphatic heterocycles. The molecule has 1 amide bonds. The normalized spacial score (nSPS) is 11.6. The molecular formula is C11H16F3N3O2. The minimum atomic E-state index is -4.45. The van der Waals surface area contributed by atoms with Crippen LogP contribution in [-0.2, 0) is 22.3 Å². The number of alkyl halides is 3. The Hall–Kier alpha value is -1.57. The Kier molecular flexibility index (Phi) is 5.34. The largest absolute Gasteiger partial charge is 0.435 e. The second-order valence-electron chi connectivity index (χ2n) is 3.98. The van der Waals surface area contributed by atoms with E-state index >= 15 is 0 Å². The van der Waals surface area contributed by atoms with Crippen LogP contribution < -0.4 is 5.32 Å². The molecule has 1 heterocycles. The zero-order chi connectivity index (χ0) is 14.5. The number of halogens is 3. The number of aryl methyl sites for hydroxylation is 1. The summed E-state index contributed by atoms with van der Waals surface area (Å²) in [5.41, 5.74) is -0.519. The molecule has 0 aliphatic carbocycles. The second-order valence-corrected chi connectivity index (χ2v) is 3.98. The molecule has 108 valence electrons. The number of nitrogens with one attached hydrogen (secondary N) is 1. The number of carbonyl (C=O) groups excluding carboxylic acids is 1. The summed E-state index contributed by atoms with van der Waals surface area (Å²) in [6.45, 7) is 2.27. The monoisotopic (exact) mass is 279 g/mol. The van der Waals surface area contributed by atoms with Gasteiger partial charge in [-0.2, -0.15) is 18.3 Å². The lowest BCUT2D eigenvalue weighted by Gasteiger charge is -2.07. The van der Waals surface area contributed by atoms with Crippen LogP contribution in [0.3, 0.4) is 0 Å². The Bertz CT molecular complexity index is 429. The van der Waals surface area contributed by atoms with Gasteiger partial charge in [0.25, 0.3) is 0 Å². The molecule has 0 bridgehead atoms. The lowest BCUT2D eigenvalue weighted by Crippen LogP contribution is -2.28. The van der Waals surface area contributed by atoms with Gasteiger partial charge in [0, 0.05) is 25.8 Å². The van der Waals surface area contributed by atoms with Crippen molar-refractivity contribution in [1.29, 1.82) is 0 Å². The molecule has 1 aromatic heterocycles. The number of amides is 1. The Morgan fingerprint density at radius 1 is 1.53 bits per heavy atom. The second kappa shape index (κ2) is 6.55. The summed E-state index contributed by atoms with van der Waals surface area (Å²) >= 11 is 0. The van der Waals surface area contributed by atoms with Crippen molar-refractivity contribution in [2.45, 2.75) is 26.1 Å². The van der Waals surface area contributed by atoms with Gasteiger partial charge in [0.2, 0.25) is 5.91 Å². The molecule has 0 aromatic carbocycles. The molecule has 0 radical (unpaired) electrons. The third-order valence-electron chi connectivity index (χ3n) is 2.45. The Morgan fingerprint density at radius 2 is 2.21 bits per heavy atom. The fourth-order valence-corrected chi connectivity index (χ4v) is 1.46. The summed E-state index contributed by atoms with van der Waals surface area (Å²) in [5.74, 6) is -0.206. The third-order valence-corrected chi connectivity index (χ3v) is 2.45. The standard InChI is InChI=1S/C11H16F3N3O2/c1-8-7-9(11(12,13)14)16-17(8)5-4-15-10(18)3-6-19-2/h7H,3-6H2,1-2H3,(H,15,18). The average Bonchev–Trinajstić information content (AvgIpc) is 2.68. The van der Waals surface area contributed by atoms with Crippen LogP contribution >= 0.6 is 0 Å². The van der Waals surface area contributed by atoms with Crippen LogP contribution in [0.25, 0.3) is 0 Å². The lowest BCUT2D eigenvalue weighted by molar-refractivity contribution is -0.141. The van der Waals surface area contributed by atoms with Crippen molar-refractivity contribution in [1.82, 2.24) is 15.1 Å². The maximum absolute atomic E-state index is 12.4. The summed E-state index contributed by atoms with van der Waals surface area (Å²) in [4.78, 5) is 11.2. The van der Waals surface area contributed by atoms with Gasteiger partial charge in [-0.15, -0.1) is 0 Å². The summed E-state index contributed by atoms with van der Waals surface area (Å²) in [5, 5.41) is 6.04. The van der Waals surface area contributed by atoms with E-state index in [1.807, 2.05) is 0 Å². The van der Waals surface area contributed by atoms with Crippen molar-refractivity contribution in [3.63, 3.8) is 0 Å². The predicted molar refractivity (Wildman–Crippen MR) is 61.5 cm³/mol. The molecule has 1 aromatic rings. The lowest BCUT2D eigenvalue weighted by atomic mass is 10.3.